The summed E-state index contributed by atoms with van der Waals surface area (Å²) in [4.78, 5) is 10.9. The molecular weight excluding hydrogens is 270 g/mol. The first kappa shape index (κ1) is 14.3. The van der Waals surface area contributed by atoms with E-state index >= 15 is 0 Å². The fourth-order valence-electron chi connectivity index (χ4n) is 3.40. The van der Waals surface area contributed by atoms with Crippen molar-refractivity contribution in [1.82, 2.24) is 9.88 Å². The van der Waals surface area contributed by atoms with Crippen LogP contribution in [0, 0.1) is 0 Å². The summed E-state index contributed by atoms with van der Waals surface area (Å²) < 4.78 is 0. The highest BCUT2D eigenvalue weighted by atomic mass is 32.1. The smallest absolute Gasteiger partial charge is 0.185 e. The van der Waals surface area contributed by atoms with Crippen LogP contribution in [0.5, 0.6) is 0 Å². The maximum Gasteiger partial charge on any atom is 0.185 e. The van der Waals surface area contributed by atoms with Gasteiger partial charge < -0.3 is 10.0 Å². The molecule has 0 saturated carbocycles. The van der Waals surface area contributed by atoms with Crippen molar-refractivity contribution in [3.63, 3.8) is 0 Å². The molecule has 5 heteroatoms. The monoisotopic (exact) mass is 295 g/mol. The zero-order chi connectivity index (χ0) is 13.9. The average molecular weight is 295 g/mol. The van der Waals surface area contributed by atoms with Crippen molar-refractivity contribution >= 4 is 16.5 Å². The Morgan fingerprint density at radius 2 is 2.05 bits per heavy atom. The highest BCUT2D eigenvalue weighted by molar-refractivity contribution is 7.15. The molecule has 112 valence electrons. The molecule has 4 nitrogen and oxygen atoms in total. The van der Waals surface area contributed by atoms with Crippen LogP contribution < -0.4 is 4.90 Å². The van der Waals surface area contributed by atoms with Gasteiger partial charge in [0.1, 0.15) is 0 Å². The van der Waals surface area contributed by atoms with Gasteiger partial charge in [0.2, 0.25) is 0 Å². The fraction of sp³-hybridized carbons (Fsp3) is 0.800. The Morgan fingerprint density at radius 1 is 1.25 bits per heavy atom. The second kappa shape index (κ2) is 6.41. The summed E-state index contributed by atoms with van der Waals surface area (Å²) in [5, 5.41) is 10.5. The summed E-state index contributed by atoms with van der Waals surface area (Å²) >= 11 is 1.68. The topological polar surface area (TPSA) is 39.6 Å². The molecule has 0 radical (unpaired) electrons. The molecule has 0 aromatic carbocycles. The van der Waals surface area contributed by atoms with Crippen LogP contribution in [0.4, 0.5) is 5.13 Å². The third-order valence-electron chi connectivity index (χ3n) is 4.59. The number of hydrogen-bond acceptors (Lipinski definition) is 5. The lowest BCUT2D eigenvalue weighted by molar-refractivity contribution is 0.175. The zero-order valence-corrected chi connectivity index (χ0v) is 13.2. The third kappa shape index (κ3) is 2.85. The molecule has 0 amide bonds. The SMILES string of the molecule is CCc1nc(N2CCC(N3CCCCC3)C2)sc1CO. The van der Waals surface area contributed by atoms with E-state index < -0.39 is 0 Å². The molecule has 1 aromatic heterocycles. The number of thiazole rings is 1. The molecule has 0 aliphatic carbocycles. The minimum absolute atomic E-state index is 0.129. The largest absolute Gasteiger partial charge is 0.391 e. The lowest BCUT2D eigenvalue weighted by Gasteiger charge is -2.32. The number of nitrogens with zero attached hydrogens (tertiary/aromatic N) is 3. The van der Waals surface area contributed by atoms with Crippen LogP contribution in [0.3, 0.4) is 0 Å². The molecular formula is C15H25N3OS. The summed E-state index contributed by atoms with van der Waals surface area (Å²) in [6, 6.07) is 0.710. The molecule has 1 unspecified atom stereocenters. The van der Waals surface area contributed by atoms with Crippen LogP contribution in [-0.2, 0) is 13.0 Å². The van der Waals surface area contributed by atoms with E-state index in [0.717, 1.165) is 35.2 Å². The normalized spacial score (nSPS) is 24.5. The Morgan fingerprint density at radius 3 is 2.70 bits per heavy atom. The number of aliphatic hydroxyl groups is 1. The van der Waals surface area contributed by atoms with Crippen molar-refractivity contribution in [2.24, 2.45) is 0 Å². The highest BCUT2D eigenvalue weighted by Gasteiger charge is 2.30. The first-order valence-electron chi connectivity index (χ1n) is 7.90. The average Bonchev–Trinajstić information content (AvgIpc) is 3.14. The number of hydrogen-bond donors (Lipinski definition) is 1. The maximum absolute atomic E-state index is 9.41. The Kier molecular flexibility index (Phi) is 4.58. The van der Waals surface area contributed by atoms with E-state index in [4.69, 9.17) is 4.98 Å². The zero-order valence-electron chi connectivity index (χ0n) is 12.3. The number of aliphatic hydroxyl groups excluding tert-OH is 1. The third-order valence-corrected chi connectivity index (χ3v) is 5.73. The van der Waals surface area contributed by atoms with Crippen LogP contribution in [0.15, 0.2) is 0 Å². The van der Waals surface area contributed by atoms with Gasteiger partial charge in [0.25, 0.3) is 0 Å². The molecule has 3 heterocycles. The van der Waals surface area contributed by atoms with Crippen molar-refractivity contribution in [2.45, 2.75) is 51.7 Å². The predicted octanol–water partition coefficient (Wildman–Crippen LogP) is 2.26. The van der Waals surface area contributed by atoms with Crippen molar-refractivity contribution in [3.05, 3.63) is 10.6 Å². The molecule has 20 heavy (non-hydrogen) atoms. The van der Waals surface area contributed by atoms with Gasteiger partial charge in [0.05, 0.1) is 17.2 Å². The summed E-state index contributed by atoms with van der Waals surface area (Å²) in [6.45, 7) is 7.02. The standard InChI is InChI=1S/C15H25N3OS/c1-2-13-14(11-19)20-15(16-13)18-9-6-12(10-18)17-7-4-3-5-8-17/h12,19H,2-11H2,1H3. The summed E-state index contributed by atoms with van der Waals surface area (Å²) in [7, 11) is 0. The first-order valence-corrected chi connectivity index (χ1v) is 8.72. The second-order valence-electron chi connectivity index (χ2n) is 5.86. The van der Waals surface area contributed by atoms with E-state index in [1.165, 1.54) is 38.8 Å². The summed E-state index contributed by atoms with van der Waals surface area (Å²) in [5.74, 6) is 0. The molecule has 0 spiro atoms. The summed E-state index contributed by atoms with van der Waals surface area (Å²) in [5.41, 5.74) is 1.08. The van der Waals surface area contributed by atoms with E-state index in [1.807, 2.05) is 0 Å². The van der Waals surface area contributed by atoms with Gasteiger partial charge in [0, 0.05) is 19.1 Å². The van der Waals surface area contributed by atoms with Gasteiger partial charge in [-0.2, -0.15) is 0 Å². The molecule has 1 aromatic rings. The van der Waals surface area contributed by atoms with Crippen LogP contribution >= 0.6 is 11.3 Å². The van der Waals surface area contributed by atoms with Crippen molar-refractivity contribution in [2.75, 3.05) is 31.1 Å². The quantitative estimate of drug-likeness (QED) is 0.925. The van der Waals surface area contributed by atoms with Crippen molar-refractivity contribution in [1.29, 1.82) is 0 Å². The number of aryl methyl sites for hydroxylation is 1. The van der Waals surface area contributed by atoms with Gasteiger partial charge in [0.15, 0.2) is 5.13 Å². The Labute approximate surface area is 125 Å². The maximum atomic E-state index is 9.41. The Balaban J connectivity index is 1.65. The van der Waals surface area contributed by atoms with Crippen molar-refractivity contribution in [3.8, 4) is 0 Å². The van der Waals surface area contributed by atoms with E-state index in [0.29, 0.717) is 6.04 Å². The predicted molar refractivity (Wildman–Crippen MR) is 83.5 cm³/mol. The van der Waals surface area contributed by atoms with Crippen LogP contribution in [0.25, 0.3) is 0 Å². The Hall–Kier alpha value is -0.650. The van der Waals surface area contributed by atoms with Gasteiger partial charge in [-0.15, -0.1) is 0 Å². The fourth-order valence-corrected chi connectivity index (χ4v) is 4.45. The molecule has 1 atom stereocenters. The number of piperidine rings is 1. The Bertz CT molecular complexity index is 421. The second-order valence-corrected chi connectivity index (χ2v) is 6.93. The van der Waals surface area contributed by atoms with Crippen LogP contribution in [0.1, 0.15) is 43.2 Å². The lowest BCUT2D eigenvalue weighted by atomic mass is 10.1. The van der Waals surface area contributed by atoms with E-state index in [2.05, 4.69) is 16.7 Å². The minimum atomic E-state index is 0.129. The van der Waals surface area contributed by atoms with Gasteiger partial charge in [-0.1, -0.05) is 24.7 Å². The molecule has 2 fully saturated rings. The van der Waals surface area contributed by atoms with E-state index in [-0.39, 0.29) is 6.61 Å². The van der Waals surface area contributed by atoms with E-state index in [9.17, 15) is 5.11 Å². The molecule has 0 bridgehead atoms. The number of anilines is 1. The first-order chi connectivity index (χ1) is 9.81. The van der Waals surface area contributed by atoms with Gasteiger partial charge in [-0.05, 0) is 38.8 Å². The number of likely N-dealkylation sites (tertiary alicyclic amines) is 1. The van der Waals surface area contributed by atoms with Gasteiger partial charge >= 0.3 is 0 Å². The molecule has 2 saturated heterocycles. The highest BCUT2D eigenvalue weighted by Crippen LogP contribution is 2.31. The van der Waals surface area contributed by atoms with Crippen LogP contribution in [0.2, 0.25) is 0 Å². The molecule has 1 N–H and O–H groups in total. The minimum Gasteiger partial charge on any atom is -0.391 e. The number of rotatable bonds is 4. The van der Waals surface area contributed by atoms with Crippen molar-refractivity contribution < 1.29 is 5.11 Å². The van der Waals surface area contributed by atoms with Gasteiger partial charge in [-0.25, -0.2) is 4.98 Å². The molecule has 2 aliphatic heterocycles. The van der Waals surface area contributed by atoms with E-state index in [1.54, 1.807) is 11.3 Å². The number of aromatic nitrogens is 1. The van der Waals surface area contributed by atoms with Crippen LogP contribution in [-0.4, -0.2) is 47.2 Å². The molecule has 2 aliphatic rings. The summed E-state index contributed by atoms with van der Waals surface area (Å²) in [6.07, 6.45) is 6.30. The molecule has 3 rings (SSSR count). The van der Waals surface area contributed by atoms with Gasteiger partial charge in [-0.3, -0.25) is 4.90 Å². The lowest BCUT2D eigenvalue weighted by Crippen LogP contribution is -2.40.